The number of urea groups is 1. The number of nitrogens with two attached hydrogens (primary N) is 2. The molecule has 1 aromatic rings. The van der Waals surface area contributed by atoms with Gasteiger partial charge in [-0.15, -0.1) is 0 Å². The van der Waals surface area contributed by atoms with E-state index in [4.69, 9.17) is 11.5 Å². The average molecular weight is 304 g/mol. The number of imide groups is 1. The van der Waals surface area contributed by atoms with Crippen molar-refractivity contribution in [2.45, 2.75) is 18.9 Å². The summed E-state index contributed by atoms with van der Waals surface area (Å²) in [5.41, 5.74) is 11.2. The fourth-order valence-electron chi connectivity index (χ4n) is 2.80. The number of nitrogens with one attached hydrogen (secondary N) is 1. The van der Waals surface area contributed by atoms with Crippen LogP contribution < -0.4 is 16.8 Å². The number of primary amides is 2. The molecular weight excluding hydrogens is 284 g/mol. The normalized spacial score (nSPS) is 17.6. The van der Waals surface area contributed by atoms with Crippen molar-refractivity contribution in [1.82, 2.24) is 10.2 Å². The SMILES string of the molecule is NC(=O)NC(=O)C(c1ccccc1)N1CCC(C(N)=O)CC1. The topological polar surface area (TPSA) is 119 Å². The van der Waals surface area contributed by atoms with Crippen molar-refractivity contribution in [3.63, 3.8) is 0 Å². The molecule has 1 aromatic carbocycles. The zero-order valence-corrected chi connectivity index (χ0v) is 12.2. The molecule has 22 heavy (non-hydrogen) atoms. The molecule has 1 heterocycles. The number of piperidine rings is 1. The minimum absolute atomic E-state index is 0.160. The maximum atomic E-state index is 12.3. The van der Waals surface area contributed by atoms with E-state index in [1.165, 1.54) is 0 Å². The van der Waals surface area contributed by atoms with Crippen LogP contribution in [0.4, 0.5) is 4.79 Å². The highest BCUT2D eigenvalue weighted by Gasteiger charge is 2.32. The molecule has 118 valence electrons. The Labute approximate surface area is 128 Å². The number of likely N-dealkylation sites (tertiary alicyclic amines) is 1. The maximum Gasteiger partial charge on any atom is 0.318 e. The van der Waals surface area contributed by atoms with Crippen molar-refractivity contribution in [2.75, 3.05) is 13.1 Å². The number of carbonyl (C=O) groups excluding carboxylic acids is 3. The summed E-state index contributed by atoms with van der Waals surface area (Å²) >= 11 is 0. The largest absolute Gasteiger partial charge is 0.369 e. The quantitative estimate of drug-likeness (QED) is 0.732. The molecule has 1 aliphatic heterocycles. The molecule has 0 aromatic heterocycles. The molecule has 0 radical (unpaired) electrons. The number of rotatable bonds is 4. The van der Waals surface area contributed by atoms with E-state index in [9.17, 15) is 14.4 Å². The molecule has 5 N–H and O–H groups in total. The number of amides is 4. The van der Waals surface area contributed by atoms with Crippen LogP contribution in [0.5, 0.6) is 0 Å². The zero-order chi connectivity index (χ0) is 16.1. The molecule has 2 rings (SSSR count). The Morgan fingerprint density at radius 1 is 1.09 bits per heavy atom. The van der Waals surface area contributed by atoms with Gasteiger partial charge < -0.3 is 11.5 Å². The third-order valence-corrected chi connectivity index (χ3v) is 3.91. The van der Waals surface area contributed by atoms with Crippen LogP contribution in [-0.2, 0) is 9.59 Å². The van der Waals surface area contributed by atoms with Crippen LogP contribution in [0.3, 0.4) is 0 Å². The highest BCUT2D eigenvalue weighted by atomic mass is 16.2. The van der Waals surface area contributed by atoms with E-state index in [-0.39, 0.29) is 11.8 Å². The molecule has 4 amide bonds. The molecule has 1 fully saturated rings. The van der Waals surface area contributed by atoms with Gasteiger partial charge in [-0.3, -0.25) is 19.8 Å². The fourth-order valence-corrected chi connectivity index (χ4v) is 2.80. The molecular formula is C15H20N4O3. The van der Waals surface area contributed by atoms with Crippen LogP contribution in [-0.4, -0.2) is 35.8 Å². The zero-order valence-electron chi connectivity index (χ0n) is 12.2. The molecule has 0 spiro atoms. The van der Waals surface area contributed by atoms with Crippen LogP contribution in [0.15, 0.2) is 30.3 Å². The van der Waals surface area contributed by atoms with Gasteiger partial charge >= 0.3 is 6.03 Å². The standard InChI is InChI=1S/C15H20N4O3/c16-13(20)11-6-8-19(9-7-11)12(14(21)18-15(17)22)10-4-2-1-3-5-10/h1-5,11-12H,6-9H2,(H2,16,20)(H3,17,18,21,22). The Bertz CT molecular complexity index is 553. The van der Waals surface area contributed by atoms with E-state index in [1.807, 2.05) is 35.2 Å². The van der Waals surface area contributed by atoms with Gasteiger partial charge in [0.1, 0.15) is 6.04 Å². The van der Waals surface area contributed by atoms with Gasteiger partial charge in [0.05, 0.1) is 0 Å². The van der Waals surface area contributed by atoms with Crippen LogP contribution in [0.2, 0.25) is 0 Å². The lowest BCUT2D eigenvalue weighted by Gasteiger charge is -2.35. The number of carbonyl (C=O) groups is 3. The van der Waals surface area contributed by atoms with Gasteiger partial charge in [0.25, 0.3) is 0 Å². The van der Waals surface area contributed by atoms with Gasteiger partial charge in [0.15, 0.2) is 0 Å². The summed E-state index contributed by atoms with van der Waals surface area (Å²) < 4.78 is 0. The lowest BCUT2D eigenvalue weighted by Crippen LogP contribution is -2.48. The average Bonchev–Trinajstić information content (AvgIpc) is 2.48. The number of benzene rings is 1. The van der Waals surface area contributed by atoms with E-state index >= 15 is 0 Å². The number of hydrogen-bond acceptors (Lipinski definition) is 4. The van der Waals surface area contributed by atoms with E-state index in [2.05, 4.69) is 5.32 Å². The lowest BCUT2D eigenvalue weighted by molar-refractivity contribution is -0.127. The Morgan fingerprint density at radius 2 is 1.68 bits per heavy atom. The van der Waals surface area contributed by atoms with Gasteiger partial charge in [-0.05, 0) is 31.5 Å². The maximum absolute atomic E-state index is 12.3. The summed E-state index contributed by atoms with van der Waals surface area (Å²) in [6, 6.07) is 7.68. The van der Waals surface area contributed by atoms with Crippen molar-refractivity contribution < 1.29 is 14.4 Å². The van der Waals surface area contributed by atoms with Gasteiger partial charge in [0.2, 0.25) is 11.8 Å². The molecule has 7 nitrogen and oxygen atoms in total. The molecule has 1 aliphatic rings. The Hall–Kier alpha value is -2.41. The lowest BCUT2D eigenvalue weighted by atomic mass is 9.93. The predicted octanol–water partition coefficient (Wildman–Crippen LogP) is 0.120. The third kappa shape index (κ3) is 3.82. The first-order valence-electron chi connectivity index (χ1n) is 7.17. The summed E-state index contributed by atoms with van der Waals surface area (Å²) in [7, 11) is 0. The van der Waals surface area contributed by atoms with Crippen LogP contribution >= 0.6 is 0 Å². The molecule has 7 heteroatoms. The summed E-state index contributed by atoms with van der Waals surface area (Å²) in [6.07, 6.45) is 1.20. The molecule has 0 saturated carbocycles. The summed E-state index contributed by atoms with van der Waals surface area (Å²) in [4.78, 5) is 36.5. The van der Waals surface area contributed by atoms with E-state index in [0.717, 1.165) is 5.56 Å². The van der Waals surface area contributed by atoms with Crippen LogP contribution in [0, 0.1) is 5.92 Å². The minimum Gasteiger partial charge on any atom is -0.369 e. The molecule has 1 unspecified atom stereocenters. The second-order valence-corrected chi connectivity index (χ2v) is 5.38. The second-order valence-electron chi connectivity index (χ2n) is 5.38. The Kier molecular flexibility index (Phi) is 5.11. The number of hydrogen-bond donors (Lipinski definition) is 3. The monoisotopic (exact) mass is 304 g/mol. The van der Waals surface area contributed by atoms with Crippen molar-refractivity contribution in [1.29, 1.82) is 0 Å². The molecule has 1 atom stereocenters. The predicted molar refractivity (Wildman–Crippen MR) is 80.4 cm³/mol. The van der Waals surface area contributed by atoms with Gasteiger partial charge in [-0.2, -0.15) is 0 Å². The van der Waals surface area contributed by atoms with E-state index in [0.29, 0.717) is 25.9 Å². The first-order valence-corrected chi connectivity index (χ1v) is 7.17. The minimum atomic E-state index is -0.877. The number of nitrogens with zero attached hydrogens (tertiary/aromatic N) is 1. The first kappa shape index (κ1) is 16.0. The first-order chi connectivity index (χ1) is 10.5. The molecule has 1 saturated heterocycles. The van der Waals surface area contributed by atoms with E-state index < -0.39 is 18.0 Å². The summed E-state index contributed by atoms with van der Waals surface area (Å²) in [5, 5.41) is 2.14. The highest BCUT2D eigenvalue weighted by Crippen LogP contribution is 2.27. The van der Waals surface area contributed by atoms with Crippen molar-refractivity contribution in [3.8, 4) is 0 Å². The van der Waals surface area contributed by atoms with Crippen LogP contribution in [0.25, 0.3) is 0 Å². The molecule has 0 bridgehead atoms. The third-order valence-electron chi connectivity index (χ3n) is 3.91. The Morgan fingerprint density at radius 3 is 2.18 bits per heavy atom. The van der Waals surface area contributed by atoms with Gasteiger partial charge in [-0.25, -0.2) is 4.79 Å². The fraction of sp³-hybridized carbons (Fsp3) is 0.400. The second kappa shape index (κ2) is 7.04. The van der Waals surface area contributed by atoms with Crippen molar-refractivity contribution in [3.05, 3.63) is 35.9 Å². The molecule has 0 aliphatic carbocycles. The summed E-state index contributed by atoms with van der Waals surface area (Å²) in [6.45, 7) is 1.11. The highest BCUT2D eigenvalue weighted by molar-refractivity contribution is 5.96. The van der Waals surface area contributed by atoms with E-state index in [1.54, 1.807) is 0 Å². The summed E-state index contributed by atoms with van der Waals surface area (Å²) in [5.74, 6) is -0.930. The Balaban J connectivity index is 2.17. The van der Waals surface area contributed by atoms with Crippen molar-refractivity contribution in [2.24, 2.45) is 17.4 Å². The van der Waals surface area contributed by atoms with Crippen LogP contribution in [0.1, 0.15) is 24.4 Å². The van der Waals surface area contributed by atoms with Gasteiger partial charge in [-0.1, -0.05) is 30.3 Å². The smallest absolute Gasteiger partial charge is 0.318 e. The van der Waals surface area contributed by atoms with Gasteiger partial charge in [0, 0.05) is 5.92 Å². The van der Waals surface area contributed by atoms with Crippen molar-refractivity contribution >= 4 is 17.8 Å².